The number of nitrogen functional groups attached to an aromatic ring is 1. The van der Waals surface area contributed by atoms with Gasteiger partial charge in [0, 0.05) is 48.1 Å². The summed E-state index contributed by atoms with van der Waals surface area (Å²) in [7, 11) is 1.99. The predicted octanol–water partition coefficient (Wildman–Crippen LogP) is 2.41. The molecule has 4 heteroatoms. The summed E-state index contributed by atoms with van der Waals surface area (Å²) in [5.74, 6) is -0.00978. The number of nitrogens with two attached hydrogens (primary N) is 1. The third-order valence-corrected chi connectivity index (χ3v) is 3.01. The van der Waals surface area contributed by atoms with Gasteiger partial charge in [-0.05, 0) is 25.1 Å². The van der Waals surface area contributed by atoms with Crippen molar-refractivity contribution in [3.05, 3.63) is 30.6 Å². The molecule has 1 unspecified atom stereocenters. The second-order valence-electron chi connectivity index (χ2n) is 4.51. The Kier molecular flexibility index (Phi) is 3.33. The van der Waals surface area contributed by atoms with E-state index in [9.17, 15) is 0 Å². The summed E-state index contributed by atoms with van der Waals surface area (Å²) >= 11 is 0. The smallest absolute Gasteiger partial charge is 0.0671 e. The number of pyridine rings is 1. The highest BCUT2D eigenvalue weighted by molar-refractivity contribution is 6.00. The first-order valence-corrected chi connectivity index (χ1v) is 5.86. The molecule has 0 saturated heterocycles. The van der Waals surface area contributed by atoms with E-state index in [1.54, 1.807) is 12.4 Å². The van der Waals surface area contributed by atoms with E-state index in [2.05, 4.69) is 16.0 Å². The lowest BCUT2D eigenvalue weighted by molar-refractivity contribution is 0.718. The van der Waals surface area contributed by atoms with Gasteiger partial charge in [-0.3, -0.25) is 4.98 Å². The molecule has 1 aromatic heterocycles. The molecule has 0 fully saturated rings. The van der Waals surface area contributed by atoms with Crippen LogP contribution < -0.4 is 10.6 Å². The third kappa shape index (κ3) is 2.21. The van der Waals surface area contributed by atoms with Crippen molar-refractivity contribution in [3.8, 4) is 6.07 Å². The Morgan fingerprint density at radius 1 is 1.39 bits per heavy atom. The van der Waals surface area contributed by atoms with Crippen LogP contribution in [0, 0.1) is 17.2 Å². The van der Waals surface area contributed by atoms with Crippen molar-refractivity contribution in [2.24, 2.45) is 5.92 Å². The van der Waals surface area contributed by atoms with Crippen molar-refractivity contribution in [2.75, 3.05) is 24.2 Å². The molecule has 2 rings (SSSR count). The fraction of sp³-hybridized carbons (Fsp3) is 0.286. The van der Waals surface area contributed by atoms with Crippen LogP contribution in [-0.4, -0.2) is 18.6 Å². The van der Waals surface area contributed by atoms with Gasteiger partial charge < -0.3 is 10.6 Å². The normalized spacial score (nSPS) is 12.1. The highest BCUT2D eigenvalue weighted by atomic mass is 15.1. The summed E-state index contributed by atoms with van der Waals surface area (Å²) in [6.07, 6.45) is 3.53. The van der Waals surface area contributed by atoms with Crippen molar-refractivity contribution < 1.29 is 0 Å². The molecule has 0 saturated carbocycles. The Balaban J connectivity index is 2.46. The molecule has 18 heavy (non-hydrogen) atoms. The molecule has 92 valence electrons. The molecule has 1 heterocycles. The van der Waals surface area contributed by atoms with Crippen LogP contribution >= 0.6 is 0 Å². The van der Waals surface area contributed by atoms with E-state index in [0.29, 0.717) is 6.54 Å². The first-order valence-electron chi connectivity index (χ1n) is 5.86. The molecular formula is C14H16N4. The Bertz CT molecular complexity index is 600. The van der Waals surface area contributed by atoms with Gasteiger partial charge >= 0.3 is 0 Å². The number of fused-ring (bicyclic) bond motifs is 1. The second kappa shape index (κ2) is 4.92. The van der Waals surface area contributed by atoms with Crippen molar-refractivity contribution in [1.82, 2.24) is 4.98 Å². The van der Waals surface area contributed by atoms with E-state index < -0.39 is 0 Å². The predicted molar refractivity (Wildman–Crippen MR) is 74.2 cm³/mol. The zero-order valence-corrected chi connectivity index (χ0v) is 10.6. The number of nitrogens with zero attached hydrogens (tertiary/aromatic N) is 3. The molecular weight excluding hydrogens is 224 g/mol. The van der Waals surface area contributed by atoms with E-state index in [-0.39, 0.29) is 5.92 Å². The van der Waals surface area contributed by atoms with Crippen LogP contribution in [0.15, 0.2) is 30.6 Å². The van der Waals surface area contributed by atoms with Crippen LogP contribution in [0.3, 0.4) is 0 Å². The molecule has 0 aliphatic carbocycles. The minimum atomic E-state index is -0.00978. The summed E-state index contributed by atoms with van der Waals surface area (Å²) in [6.45, 7) is 2.61. The largest absolute Gasteiger partial charge is 0.398 e. The number of hydrogen-bond donors (Lipinski definition) is 1. The highest BCUT2D eigenvalue weighted by Gasteiger charge is 2.10. The number of benzene rings is 1. The third-order valence-electron chi connectivity index (χ3n) is 3.01. The lowest BCUT2D eigenvalue weighted by Gasteiger charge is -2.22. The van der Waals surface area contributed by atoms with Crippen molar-refractivity contribution in [1.29, 1.82) is 5.26 Å². The number of aromatic nitrogens is 1. The average molecular weight is 240 g/mol. The quantitative estimate of drug-likeness (QED) is 0.837. The number of anilines is 2. The molecule has 2 N–H and O–H groups in total. The zero-order valence-electron chi connectivity index (χ0n) is 10.6. The maximum Gasteiger partial charge on any atom is 0.0671 e. The molecule has 1 atom stereocenters. The summed E-state index contributed by atoms with van der Waals surface area (Å²) in [5.41, 5.74) is 7.74. The van der Waals surface area contributed by atoms with Gasteiger partial charge in [0.05, 0.1) is 12.0 Å². The summed E-state index contributed by atoms with van der Waals surface area (Å²) in [4.78, 5) is 6.18. The van der Waals surface area contributed by atoms with Crippen molar-refractivity contribution in [3.63, 3.8) is 0 Å². The van der Waals surface area contributed by atoms with Gasteiger partial charge in [0.1, 0.15) is 0 Å². The zero-order chi connectivity index (χ0) is 13.1. The van der Waals surface area contributed by atoms with Gasteiger partial charge in [-0.25, -0.2) is 0 Å². The number of nitriles is 1. The first-order chi connectivity index (χ1) is 8.63. The monoisotopic (exact) mass is 240 g/mol. The number of hydrogen-bond acceptors (Lipinski definition) is 4. The van der Waals surface area contributed by atoms with E-state index >= 15 is 0 Å². The summed E-state index contributed by atoms with van der Waals surface area (Å²) in [5, 5.41) is 10.9. The maximum atomic E-state index is 8.88. The Hall–Kier alpha value is -2.28. The Labute approximate surface area is 107 Å². The van der Waals surface area contributed by atoms with Gasteiger partial charge in [0.25, 0.3) is 0 Å². The first kappa shape index (κ1) is 12.2. The molecule has 0 bridgehead atoms. The van der Waals surface area contributed by atoms with Gasteiger partial charge in [-0.15, -0.1) is 0 Å². The van der Waals surface area contributed by atoms with Gasteiger partial charge in [0.15, 0.2) is 0 Å². The van der Waals surface area contributed by atoms with E-state index in [0.717, 1.165) is 22.1 Å². The van der Waals surface area contributed by atoms with Crippen LogP contribution in [0.4, 0.5) is 11.4 Å². The van der Waals surface area contributed by atoms with E-state index in [4.69, 9.17) is 11.0 Å². The SMILES string of the molecule is CC(C#N)CN(C)c1ccc(N)c2cnccc12. The lowest BCUT2D eigenvalue weighted by atomic mass is 10.1. The van der Waals surface area contributed by atoms with Crippen LogP contribution in [0.25, 0.3) is 10.8 Å². The van der Waals surface area contributed by atoms with E-state index in [1.165, 1.54) is 0 Å². The van der Waals surface area contributed by atoms with Gasteiger partial charge in [-0.1, -0.05) is 0 Å². The van der Waals surface area contributed by atoms with Crippen LogP contribution in [0.5, 0.6) is 0 Å². The van der Waals surface area contributed by atoms with Crippen LogP contribution in [0.1, 0.15) is 6.92 Å². The molecule has 0 spiro atoms. The molecule has 4 nitrogen and oxygen atoms in total. The topological polar surface area (TPSA) is 65.9 Å². The summed E-state index contributed by atoms with van der Waals surface area (Å²) in [6, 6.07) is 8.07. The molecule has 0 amide bonds. The minimum Gasteiger partial charge on any atom is -0.398 e. The molecule has 0 aliphatic rings. The Morgan fingerprint density at radius 3 is 2.89 bits per heavy atom. The minimum absolute atomic E-state index is 0.00978. The van der Waals surface area contributed by atoms with Gasteiger partial charge in [0.2, 0.25) is 0 Å². The molecule has 0 aliphatic heterocycles. The summed E-state index contributed by atoms with van der Waals surface area (Å²) < 4.78 is 0. The van der Waals surface area contributed by atoms with Crippen LogP contribution in [-0.2, 0) is 0 Å². The van der Waals surface area contributed by atoms with E-state index in [1.807, 2.05) is 32.2 Å². The fourth-order valence-corrected chi connectivity index (χ4v) is 2.08. The molecule has 1 aromatic carbocycles. The number of rotatable bonds is 3. The van der Waals surface area contributed by atoms with Crippen molar-refractivity contribution in [2.45, 2.75) is 6.92 Å². The molecule has 0 radical (unpaired) electrons. The standard InChI is InChI=1S/C14H16N4/c1-10(7-15)9-18(2)14-4-3-13(16)12-8-17-6-5-11(12)14/h3-6,8,10H,9,16H2,1-2H3. The van der Waals surface area contributed by atoms with Crippen LogP contribution in [0.2, 0.25) is 0 Å². The van der Waals surface area contributed by atoms with Crippen molar-refractivity contribution >= 4 is 22.1 Å². The molecule has 2 aromatic rings. The fourth-order valence-electron chi connectivity index (χ4n) is 2.08. The highest BCUT2D eigenvalue weighted by Crippen LogP contribution is 2.29. The average Bonchev–Trinajstić information content (AvgIpc) is 2.39. The maximum absolute atomic E-state index is 8.88. The lowest BCUT2D eigenvalue weighted by Crippen LogP contribution is -2.23. The Morgan fingerprint density at radius 2 is 2.17 bits per heavy atom. The second-order valence-corrected chi connectivity index (χ2v) is 4.51. The van der Waals surface area contributed by atoms with Gasteiger partial charge in [-0.2, -0.15) is 5.26 Å².